The number of anilines is 1. The maximum atomic E-state index is 8.60. The number of hydrogen-bond donors (Lipinski definition) is 2. The smallest absolute Gasteiger partial charge is 0.197 e. The fraction of sp³-hybridized carbons (Fsp3) is 0.500. The third kappa shape index (κ3) is 1.11. The highest BCUT2D eigenvalue weighted by atomic mass is 16.3. The number of aliphatic hydroxyl groups excluding tert-OH is 1. The monoisotopic (exact) mass is 142 g/mol. The van der Waals surface area contributed by atoms with Gasteiger partial charge in [-0.1, -0.05) is 0 Å². The van der Waals surface area contributed by atoms with E-state index in [2.05, 4.69) is 0 Å². The zero-order valence-electron chi connectivity index (χ0n) is 5.99. The number of aliphatic hydroxyl groups is 1. The van der Waals surface area contributed by atoms with Crippen LogP contribution in [0.1, 0.15) is 0 Å². The maximum absolute atomic E-state index is 8.60. The summed E-state index contributed by atoms with van der Waals surface area (Å²) in [5.74, 6) is 0.677. The van der Waals surface area contributed by atoms with Crippen molar-refractivity contribution in [3.63, 3.8) is 0 Å². The molecule has 0 saturated heterocycles. The van der Waals surface area contributed by atoms with Gasteiger partial charge in [-0.25, -0.2) is 0 Å². The molecule has 4 nitrogen and oxygen atoms in total. The third-order valence-corrected chi connectivity index (χ3v) is 1.45. The van der Waals surface area contributed by atoms with Crippen LogP contribution in [0.3, 0.4) is 0 Å². The van der Waals surface area contributed by atoms with Gasteiger partial charge in [0.05, 0.1) is 12.7 Å². The van der Waals surface area contributed by atoms with E-state index >= 15 is 0 Å². The predicted molar refractivity (Wildman–Crippen MR) is 37.1 cm³/mol. The topological polar surface area (TPSA) is 55.1 Å². The van der Waals surface area contributed by atoms with Gasteiger partial charge in [-0.3, -0.25) is 0 Å². The number of rotatable bonds is 2. The van der Waals surface area contributed by atoms with Crippen LogP contribution in [0, 0.1) is 0 Å². The van der Waals surface area contributed by atoms with Crippen LogP contribution >= 0.6 is 0 Å². The van der Waals surface area contributed by atoms with Gasteiger partial charge in [-0.05, 0) is 0 Å². The SMILES string of the molecule is C[n+]1ccc(N)n1CCO. The Balaban J connectivity index is 2.87. The lowest BCUT2D eigenvalue weighted by molar-refractivity contribution is -0.752. The number of nitrogen functional groups attached to an aromatic ring is 1. The molecule has 0 spiro atoms. The molecule has 1 aromatic rings. The maximum Gasteiger partial charge on any atom is 0.197 e. The first kappa shape index (κ1) is 7.08. The van der Waals surface area contributed by atoms with Gasteiger partial charge in [0.1, 0.15) is 6.54 Å². The van der Waals surface area contributed by atoms with Crippen molar-refractivity contribution in [2.75, 3.05) is 12.3 Å². The van der Waals surface area contributed by atoms with Gasteiger partial charge in [-0.15, -0.1) is 9.36 Å². The van der Waals surface area contributed by atoms with E-state index in [0.717, 1.165) is 0 Å². The van der Waals surface area contributed by atoms with Crippen LogP contribution in [0.15, 0.2) is 12.3 Å². The number of aryl methyl sites for hydroxylation is 1. The molecule has 0 atom stereocenters. The molecule has 0 aliphatic heterocycles. The van der Waals surface area contributed by atoms with Crippen molar-refractivity contribution in [1.29, 1.82) is 0 Å². The summed E-state index contributed by atoms with van der Waals surface area (Å²) in [5, 5.41) is 8.60. The Hall–Kier alpha value is -1.03. The van der Waals surface area contributed by atoms with Gasteiger partial charge in [0, 0.05) is 0 Å². The standard InChI is InChI=1S/C6H11N3O/c1-8-3-2-6(7)9(8)4-5-10/h2-3,7,10H,4-5H2,1H3/p+1. The van der Waals surface area contributed by atoms with Gasteiger partial charge < -0.3 is 10.8 Å². The molecule has 56 valence electrons. The quantitative estimate of drug-likeness (QED) is 0.514. The summed E-state index contributed by atoms with van der Waals surface area (Å²) in [7, 11) is 1.88. The van der Waals surface area contributed by atoms with E-state index in [-0.39, 0.29) is 6.61 Å². The highest BCUT2D eigenvalue weighted by Crippen LogP contribution is 1.95. The predicted octanol–water partition coefficient (Wildman–Crippen LogP) is -1.11. The normalized spacial score (nSPS) is 10.2. The molecule has 0 aliphatic rings. The Bertz CT molecular complexity index is 199. The summed E-state index contributed by atoms with van der Waals surface area (Å²) in [5.41, 5.74) is 5.56. The Labute approximate surface area is 59.5 Å². The summed E-state index contributed by atoms with van der Waals surface area (Å²) in [6.07, 6.45) is 1.85. The lowest BCUT2D eigenvalue weighted by Gasteiger charge is -1.97. The minimum Gasteiger partial charge on any atom is -0.394 e. The largest absolute Gasteiger partial charge is 0.394 e. The minimum atomic E-state index is 0.118. The molecule has 0 aromatic carbocycles. The molecule has 3 N–H and O–H groups in total. The lowest BCUT2D eigenvalue weighted by atomic mass is 10.6. The van der Waals surface area contributed by atoms with Gasteiger partial charge >= 0.3 is 0 Å². The average molecular weight is 142 g/mol. The molecule has 0 radical (unpaired) electrons. The highest BCUT2D eigenvalue weighted by molar-refractivity contribution is 5.23. The van der Waals surface area contributed by atoms with Gasteiger partial charge in [0.25, 0.3) is 0 Å². The van der Waals surface area contributed by atoms with Crippen LogP contribution in [0.25, 0.3) is 0 Å². The van der Waals surface area contributed by atoms with Gasteiger partial charge in [-0.2, -0.15) is 0 Å². The second-order valence-electron chi connectivity index (χ2n) is 2.16. The summed E-state index contributed by atoms with van der Waals surface area (Å²) in [4.78, 5) is 0. The highest BCUT2D eigenvalue weighted by Gasteiger charge is 2.05. The number of nitrogens with zero attached hydrogens (tertiary/aromatic N) is 2. The van der Waals surface area contributed by atoms with E-state index in [1.54, 1.807) is 10.7 Å². The molecule has 1 rings (SSSR count). The number of nitrogens with two attached hydrogens (primary N) is 1. The van der Waals surface area contributed by atoms with Crippen molar-refractivity contribution < 1.29 is 9.79 Å². The second-order valence-corrected chi connectivity index (χ2v) is 2.16. The van der Waals surface area contributed by atoms with Crippen molar-refractivity contribution in [3.8, 4) is 0 Å². The van der Waals surface area contributed by atoms with E-state index in [1.165, 1.54) is 0 Å². The summed E-state index contributed by atoms with van der Waals surface area (Å²) in [6.45, 7) is 0.669. The van der Waals surface area contributed by atoms with Crippen molar-refractivity contribution >= 4 is 5.82 Å². The first-order valence-corrected chi connectivity index (χ1v) is 3.17. The zero-order chi connectivity index (χ0) is 7.56. The molecule has 10 heavy (non-hydrogen) atoms. The molecule has 1 heterocycles. The number of aromatic nitrogens is 2. The van der Waals surface area contributed by atoms with Crippen molar-refractivity contribution in [2.24, 2.45) is 7.05 Å². The summed E-state index contributed by atoms with van der Waals surface area (Å²) < 4.78 is 3.63. The summed E-state index contributed by atoms with van der Waals surface area (Å²) in [6, 6.07) is 1.80. The third-order valence-electron chi connectivity index (χ3n) is 1.45. The Morgan fingerprint density at radius 3 is 2.90 bits per heavy atom. The van der Waals surface area contributed by atoms with E-state index in [1.807, 2.05) is 17.9 Å². The van der Waals surface area contributed by atoms with E-state index in [0.29, 0.717) is 12.4 Å². The van der Waals surface area contributed by atoms with Gasteiger partial charge in [0.2, 0.25) is 0 Å². The molecule has 4 heteroatoms. The van der Waals surface area contributed by atoms with Crippen LogP contribution in [-0.4, -0.2) is 16.4 Å². The van der Waals surface area contributed by atoms with Gasteiger partial charge in [0.15, 0.2) is 19.1 Å². The minimum absolute atomic E-state index is 0.118. The van der Waals surface area contributed by atoms with Crippen molar-refractivity contribution in [2.45, 2.75) is 6.54 Å². The fourth-order valence-electron chi connectivity index (χ4n) is 0.914. The zero-order valence-corrected chi connectivity index (χ0v) is 5.99. The first-order chi connectivity index (χ1) is 4.75. The van der Waals surface area contributed by atoms with Crippen molar-refractivity contribution in [3.05, 3.63) is 12.3 Å². The molecule has 0 fully saturated rings. The molecular weight excluding hydrogens is 130 g/mol. The van der Waals surface area contributed by atoms with E-state index in [4.69, 9.17) is 10.8 Å². The molecule has 0 unspecified atom stereocenters. The van der Waals surface area contributed by atoms with Crippen LogP contribution in [-0.2, 0) is 13.6 Å². The van der Waals surface area contributed by atoms with Crippen molar-refractivity contribution in [1.82, 2.24) is 4.68 Å². The van der Waals surface area contributed by atoms with E-state index < -0.39 is 0 Å². The molecule has 0 saturated carbocycles. The first-order valence-electron chi connectivity index (χ1n) is 3.17. The fourth-order valence-corrected chi connectivity index (χ4v) is 0.914. The molecular formula is C6H12N3O+. The molecule has 0 bridgehead atoms. The average Bonchev–Trinajstić information content (AvgIpc) is 2.20. The Kier molecular flexibility index (Phi) is 1.91. The van der Waals surface area contributed by atoms with Crippen LogP contribution in [0.4, 0.5) is 5.82 Å². The molecule has 1 aromatic heterocycles. The van der Waals surface area contributed by atoms with Crippen LogP contribution in [0.2, 0.25) is 0 Å². The van der Waals surface area contributed by atoms with Crippen LogP contribution < -0.4 is 10.4 Å². The molecule has 0 amide bonds. The number of hydrogen-bond acceptors (Lipinski definition) is 2. The summed E-state index contributed by atoms with van der Waals surface area (Å²) >= 11 is 0. The Morgan fingerprint density at radius 1 is 1.80 bits per heavy atom. The van der Waals surface area contributed by atoms with Crippen LogP contribution in [0.5, 0.6) is 0 Å². The second kappa shape index (κ2) is 2.70. The molecule has 0 aliphatic carbocycles. The Morgan fingerprint density at radius 2 is 2.50 bits per heavy atom. The van der Waals surface area contributed by atoms with E-state index in [9.17, 15) is 0 Å². The lowest BCUT2D eigenvalue weighted by Crippen LogP contribution is -2.39.